The van der Waals surface area contributed by atoms with Gasteiger partial charge in [0.15, 0.2) is 0 Å². The Bertz CT molecular complexity index is 496. The Morgan fingerprint density at radius 3 is 2.42 bits per heavy atom. The van der Waals surface area contributed by atoms with E-state index in [2.05, 4.69) is 4.72 Å². The van der Waals surface area contributed by atoms with E-state index in [4.69, 9.17) is 28.3 Å². The number of sulfonamides is 1. The Balaban J connectivity index is 3.03. The maximum atomic E-state index is 12.3. The maximum absolute atomic E-state index is 12.3. The van der Waals surface area contributed by atoms with Crippen molar-refractivity contribution in [3.63, 3.8) is 0 Å². The van der Waals surface area contributed by atoms with E-state index in [0.29, 0.717) is 12.2 Å². The van der Waals surface area contributed by atoms with Gasteiger partial charge in [-0.1, -0.05) is 29.3 Å². The normalized spacial score (nSPS) is 13.5. The molecular weight excluding hydrogens is 329 g/mol. The van der Waals surface area contributed by atoms with E-state index in [-0.39, 0.29) is 27.6 Å². The van der Waals surface area contributed by atoms with Crippen LogP contribution in [0.5, 0.6) is 0 Å². The van der Waals surface area contributed by atoms with Crippen LogP contribution >= 0.6 is 35.0 Å². The third-order valence-corrected chi connectivity index (χ3v) is 5.57. The fraction of sp³-hybridized carbons (Fsp3) is 0.455. The third kappa shape index (κ3) is 4.81. The van der Waals surface area contributed by atoms with Crippen molar-refractivity contribution in [2.45, 2.75) is 17.4 Å². The number of aliphatic hydroxyl groups excluding tert-OH is 1. The molecule has 1 rings (SSSR count). The molecule has 1 aromatic carbocycles. The summed E-state index contributed by atoms with van der Waals surface area (Å²) in [6.07, 6.45) is 2.20. The van der Waals surface area contributed by atoms with Crippen molar-refractivity contribution in [2.24, 2.45) is 0 Å². The number of hydrogen-bond donors (Lipinski definition) is 2. The lowest BCUT2D eigenvalue weighted by atomic mass is 10.3. The van der Waals surface area contributed by atoms with Crippen molar-refractivity contribution < 1.29 is 13.5 Å². The molecule has 0 spiro atoms. The lowest BCUT2D eigenvalue weighted by molar-refractivity contribution is 0.276. The Labute approximate surface area is 127 Å². The minimum atomic E-state index is -3.80. The Morgan fingerprint density at radius 1 is 1.37 bits per heavy atom. The highest BCUT2D eigenvalue weighted by atomic mass is 35.5. The van der Waals surface area contributed by atoms with E-state index >= 15 is 0 Å². The van der Waals surface area contributed by atoms with E-state index in [0.717, 1.165) is 0 Å². The molecule has 0 fully saturated rings. The minimum Gasteiger partial charge on any atom is -0.396 e. The molecule has 108 valence electrons. The van der Waals surface area contributed by atoms with Crippen LogP contribution in [0.15, 0.2) is 23.1 Å². The SMILES string of the molecule is CSC[C@H](CCO)NS(=O)(=O)c1c(Cl)cccc1Cl. The molecule has 4 nitrogen and oxygen atoms in total. The van der Waals surface area contributed by atoms with Crippen molar-refractivity contribution in [1.29, 1.82) is 0 Å². The Morgan fingerprint density at radius 2 is 1.95 bits per heavy atom. The third-order valence-electron chi connectivity index (χ3n) is 2.35. The summed E-state index contributed by atoms with van der Waals surface area (Å²) in [5.74, 6) is 0.557. The summed E-state index contributed by atoms with van der Waals surface area (Å²) >= 11 is 13.3. The van der Waals surface area contributed by atoms with Gasteiger partial charge in [0.1, 0.15) is 4.90 Å². The zero-order valence-electron chi connectivity index (χ0n) is 10.3. The highest BCUT2D eigenvalue weighted by Gasteiger charge is 2.24. The zero-order valence-corrected chi connectivity index (χ0v) is 13.4. The summed E-state index contributed by atoms with van der Waals surface area (Å²) in [7, 11) is -3.80. The Kier molecular flexibility index (Phi) is 6.93. The second-order valence-corrected chi connectivity index (χ2v) is 7.21. The molecule has 0 unspecified atom stereocenters. The fourth-order valence-corrected chi connectivity index (χ4v) is 4.72. The first-order chi connectivity index (χ1) is 8.92. The number of thioether (sulfide) groups is 1. The molecule has 1 aromatic rings. The van der Waals surface area contributed by atoms with Gasteiger partial charge in [0.05, 0.1) is 10.0 Å². The van der Waals surface area contributed by atoms with Crippen molar-refractivity contribution >= 4 is 45.0 Å². The highest BCUT2D eigenvalue weighted by Crippen LogP contribution is 2.29. The van der Waals surface area contributed by atoms with E-state index < -0.39 is 10.0 Å². The van der Waals surface area contributed by atoms with Crippen LogP contribution in [0, 0.1) is 0 Å². The van der Waals surface area contributed by atoms with Gasteiger partial charge in [0, 0.05) is 18.4 Å². The summed E-state index contributed by atoms with van der Waals surface area (Å²) in [6, 6.07) is 4.16. The lowest BCUT2D eigenvalue weighted by Gasteiger charge is -2.17. The average Bonchev–Trinajstić information content (AvgIpc) is 2.28. The topological polar surface area (TPSA) is 66.4 Å². The lowest BCUT2D eigenvalue weighted by Crippen LogP contribution is -2.37. The molecule has 0 heterocycles. The molecule has 0 aliphatic rings. The number of halogens is 2. The molecule has 0 aliphatic carbocycles. The van der Waals surface area contributed by atoms with Gasteiger partial charge in [-0.2, -0.15) is 11.8 Å². The van der Waals surface area contributed by atoms with E-state index in [1.807, 2.05) is 6.26 Å². The van der Waals surface area contributed by atoms with Gasteiger partial charge in [0.25, 0.3) is 0 Å². The second-order valence-electron chi connectivity index (χ2n) is 3.84. The first-order valence-corrected chi connectivity index (χ1v) is 9.11. The van der Waals surface area contributed by atoms with Gasteiger partial charge in [-0.05, 0) is 24.8 Å². The van der Waals surface area contributed by atoms with Crippen LogP contribution in [-0.4, -0.2) is 38.2 Å². The minimum absolute atomic E-state index is 0.0758. The molecule has 0 aromatic heterocycles. The largest absolute Gasteiger partial charge is 0.396 e. The molecule has 0 saturated heterocycles. The van der Waals surface area contributed by atoms with E-state index in [1.54, 1.807) is 6.07 Å². The number of hydrogen-bond acceptors (Lipinski definition) is 4. The summed E-state index contributed by atoms with van der Waals surface area (Å²) in [5.41, 5.74) is 0. The zero-order chi connectivity index (χ0) is 14.5. The summed E-state index contributed by atoms with van der Waals surface area (Å²) in [4.78, 5) is -0.123. The van der Waals surface area contributed by atoms with Crippen molar-refractivity contribution in [3.8, 4) is 0 Å². The first kappa shape index (κ1) is 17.1. The molecule has 0 aliphatic heterocycles. The molecule has 8 heteroatoms. The van der Waals surface area contributed by atoms with Crippen LogP contribution in [0.3, 0.4) is 0 Å². The molecule has 19 heavy (non-hydrogen) atoms. The molecule has 0 amide bonds. The van der Waals surface area contributed by atoms with Crippen LogP contribution in [0.25, 0.3) is 0 Å². The first-order valence-electron chi connectivity index (χ1n) is 5.48. The van der Waals surface area contributed by atoms with E-state index in [1.165, 1.54) is 23.9 Å². The molecule has 0 saturated carbocycles. The van der Waals surface area contributed by atoms with Gasteiger partial charge >= 0.3 is 0 Å². The smallest absolute Gasteiger partial charge is 0.243 e. The molecule has 0 bridgehead atoms. The predicted molar refractivity (Wildman–Crippen MR) is 80.7 cm³/mol. The van der Waals surface area contributed by atoms with Crippen LogP contribution in [0.2, 0.25) is 10.0 Å². The second kappa shape index (κ2) is 7.71. The molecule has 2 N–H and O–H groups in total. The van der Waals surface area contributed by atoms with Crippen LogP contribution in [0.4, 0.5) is 0 Å². The summed E-state index contributed by atoms with van der Waals surface area (Å²) in [5, 5.41) is 9.10. The van der Waals surface area contributed by atoms with Crippen LogP contribution < -0.4 is 4.72 Å². The van der Waals surface area contributed by atoms with Crippen molar-refractivity contribution in [2.75, 3.05) is 18.6 Å². The highest BCUT2D eigenvalue weighted by molar-refractivity contribution is 7.98. The summed E-state index contributed by atoms with van der Waals surface area (Å²) < 4.78 is 27.0. The van der Waals surface area contributed by atoms with E-state index in [9.17, 15) is 8.42 Å². The molecular formula is C11H15Cl2NO3S2. The van der Waals surface area contributed by atoms with Crippen molar-refractivity contribution in [3.05, 3.63) is 28.2 Å². The number of rotatable bonds is 7. The monoisotopic (exact) mass is 343 g/mol. The van der Waals surface area contributed by atoms with Gasteiger partial charge in [-0.3, -0.25) is 0 Å². The number of aliphatic hydroxyl groups is 1. The van der Waals surface area contributed by atoms with Gasteiger partial charge in [0.2, 0.25) is 10.0 Å². The van der Waals surface area contributed by atoms with Gasteiger partial charge in [-0.25, -0.2) is 13.1 Å². The van der Waals surface area contributed by atoms with Crippen LogP contribution in [-0.2, 0) is 10.0 Å². The standard InChI is InChI=1S/C11H15Cl2NO3S2/c1-18-7-8(5-6-15)14-19(16,17)11-9(12)3-2-4-10(11)13/h2-4,8,14-15H,5-7H2,1H3/t8-/m0/s1. The fourth-order valence-electron chi connectivity index (χ4n) is 1.55. The Hall–Kier alpha value is 0.0200. The van der Waals surface area contributed by atoms with Crippen LogP contribution in [0.1, 0.15) is 6.42 Å². The number of benzene rings is 1. The molecule has 1 atom stereocenters. The molecule has 0 radical (unpaired) electrons. The van der Waals surface area contributed by atoms with Gasteiger partial charge in [-0.15, -0.1) is 0 Å². The quantitative estimate of drug-likeness (QED) is 0.797. The number of nitrogens with one attached hydrogen (secondary N) is 1. The van der Waals surface area contributed by atoms with Crippen molar-refractivity contribution in [1.82, 2.24) is 4.72 Å². The average molecular weight is 344 g/mol. The predicted octanol–water partition coefficient (Wildman–Crippen LogP) is 2.39. The van der Waals surface area contributed by atoms with Gasteiger partial charge < -0.3 is 5.11 Å². The maximum Gasteiger partial charge on any atom is 0.243 e. The summed E-state index contributed by atoms with van der Waals surface area (Å²) in [6.45, 7) is -0.0933.